The molecule has 0 aliphatic carbocycles. The number of amides is 2. The summed E-state index contributed by atoms with van der Waals surface area (Å²) in [4.78, 5) is 11.0. The van der Waals surface area contributed by atoms with Gasteiger partial charge in [-0.25, -0.2) is 4.79 Å². The van der Waals surface area contributed by atoms with Crippen LogP contribution in [0, 0.1) is 6.92 Å². The number of halogens is 1. The van der Waals surface area contributed by atoms with Crippen molar-refractivity contribution in [3.63, 3.8) is 0 Å². The molecule has 1 atom stereocenters. The summed E-state index contributed by atoms with van der Waals surface area (Å²) < 4.78 is 1.04. The van der Waals surface area contributed by atoms with Crippen LogP contribution in [-0.4, -0.2) is 12.6 Å². The van der Waals surface area contributed by atoms with Gasteiger partial charge < -0.3 is 10.6 Å². The Morgan fingerprint density at radius 3 is 2.93 bits per heavy atom. The molecule has 1 fully saturated rings. The SMILES string of the molecule is Cc1ccc(Br)cc1C1CNC(=O)N1. The zero-order chi connectivity index (χ0) is 10.1. The Balaban J connectivity index is 2.31. The third-order valence-corrected chi connectivity index (χ3v) is 2.88. The van der Waals surface area contributed by atoms with Gasteiger partial charge in [0.05, 0.1) is 6.04 Å². The highest BCUT2D eigenvalue weighted by atomic mass is 79.9. The summed E-state index contributed by atoms with van der Waals surface area (Å²) in [7, 11) is 0. The van der Waals surface area contributed by atoms with Gasteiger partial charge in [-0.05, 0) is 30.2 Å². The summed E-state index contributed by atoms with van der Waals surface area (Å²) in [6.45, 7) is 2.71. The first-order valence-electron chi connectivity index (χ1n) is 4.47. The van der Waals surface area contributed by atoms with E-state index < -0.39 is 0 Å². The van der Waals surface area contributed by atoms with Gasteiger partial charge >= 0.3 is 6.03 Å². The van der Waals surface area contributed by atoms with Gasteiger partial charge in [0, 0.05) is 11.0 Å². The van der Waals surface area contributed by atoms with E-state index in [2.05, 4.69) is 26.6 Å². The van der Waals surface area contributed by atoms with Crippen LogP contribution in [0.15, 0.2) is 22.7 Å². The number of benzene rings is 1. The second-order valence-electron chi connectivity index (χ2n) is 3.41. The van der Waals surface area contributed by atoms with Gasteiger partial charge in [-0.2, -0.15) is 0 Å². The van der Waals surface area contributed by atoms with E-state index in [0.29, 0.717) is 6.54 Å². The maximum atomic E-state index is 11.0. The smallest absolute Gasteiger partial charge is 0.315 e. The van der Waals surface area contributed by atoms with Crippen LogP contribution in [0.1, 0.15) is 17.2 Å². The van der Waals surface area contributed by atoms with Gasteiger partial charge in [-0.15, -0.1) is 0 Å². The van der Waals surface area contributed by atoms with Crippen LogP contribution in [0.4, 0.5) is 4.79 Å². The van der Waals surface area contributed by atoms with E-state index in [0.717, 1.165) is 10.0 Å². The molecule has 1 unspecified atom stereocenters. The number of hydrogen-bond acceptors (Lipinski definition) is 1. The molecule has 1 aromatic rings. The fraction of sp³-hybridized carbons (Fsp3) is 0.300. The summed E-state index contributed by atoms with van der Waals surface area (Å²) in [6.07, 6.45) is 0. The molecule has 1 aromatic carbocycles. The lowest BCUT2D eigenvalue weighted by molar-refractivity contribution is 0.247. The summed E-state index contributed by atoms with van der Waals surface area (Å²) in [5, 5.41) is 5.62. The molecule has 1 aliphatic rings. The molecule has 1 aliphatic heterocycles. The first-order chi connectivity index (χ1) is 6.66. The van der Waals surface area contributed by atoms with Crippen LogP contribution in [0.2, 0.25) is 0 Å². The maximum absolute atomic E-state index is 11.0. The Morgan fingerprint density at radius 1 is 1.50 bits per heavy atom. The Labute approximate surface area is 91.0 Å². The monoisotopic (exact) mass is 254 g/mol. The van der Waals surface area contributed by atoms with Crippen molar-refractivity contribution in [2.24, 2.45) is 0 Å². The number of nitrogens with one attached hydrogen (secondary N) is 2. The average Bonchev–Trinajstić information content (AvgIpc) is 2.56. The molecule has 1 saturated heterocycles. The Bertz CT molecular complexity index is 378. The highest BCUT2D eigenvalue weighted by Crippen LogP contribution is 2.23. The number of carbonyl (C=O) groups is 1. The van der Waals surface area contributed by atoms with Gasteiger partial charge in [0.15, 0.2) is 0 Å². The van der Waals surface area contributed by atoms with E-state index in [4.69, 9.17) is 0 Å². The van der Waals surface area contributed by atoms with Crippen LogP contribution in [0.5, 0.6) is 0 Å². The molecule has 0 aromatic heterocycles. The van der Waals surface area contributed by atoms with Crippen molar-refractivity contribution in [2.75, 3.05) is 6.54 Å². The molecule has 14 heavy (non-hydrogen) atoms. The van der Waals surface area contributed by atoms with Crippen LogP contribution in [-0.2, 0) is 0 Å². The molecule has 4 heteroatoms. The van der Waals surface area contributed by atoms with Gasteiger partial charge in [0.2, 0.25) is 0 Å². The molecule has 0 saturated carbocycles. The van der Waals surface area contributed by atoms with E-state index in [1.54, 1.807) is 0 Å². The van der Waals surface area contributed by atoms with E-state index in [1.807, 2.05) is 25.1 Å². The van der Waals surface area contributed by atoms with Crippen molar-refractivity contribution in [1.82, 2.24) is 10.6 Å². The number of aryl methyl sites for hydroxylation is 1. The molecule has 2 N–H and O–H groups in total. The molecule has 1 heterocycles. The molecule has 0 radical (unpaired) electrons. The first-order valence-corrected chi connectivity index (χ1v) is 5.26. The number of rotatable bonds is 1. The van der Waals surface area contributed by atoms with Crippen molar-refractivity contribution in [2.45, 2.75) is 13.0 Å². The number of hydrogen-bond donors (Lipinski definition) is 2. The second-order valence-corrected chi connectivity index (χ2v) is 4.32. The van der Waals surface area contributed by atoms with E-state index in [1.165, 1.54) is 5.56 Å². The van der Waals surface area contributed by atoms with Gasteiger partial charge in [0.25, 0.3) is 0 Å². The number of carbonyl (C=O) groups excluding carboxylic acids is 1. The molecular weight excluding hydrogens is 244 g/mol. The highest BCUT2D eigenvalue weighted by Gasteiger charge is 2.22. The third-order valence-electron chi connectivity index (χ3n) is 2.39. The fourth-order valence-electron chi connectivity index (χ4n) is 1.63. The lowest BCUT2D eigenvalue weighted by Crippen LogP contribution is -2.22. The predicted molar refractivity (Wildman–Crippen MR) is 58.2 cm³/mol. The van der Waals surface area contributed by atoms with Crippen LogP contribution in [0.3, 0.4) is 0 Å². The first kappa shape index (κ1) is 9.52. The van der Waals surface area contributed by atoms with Crippen molar-refractivity contribution >= 4 is 22.0 Å². The minimum atomic E-state index is -0.0885. The molecule has 74 valence electrons. The van der Waals surface area contributed by atoms with Gasteiger partial charge in [0.1, 0.15) is 0 Å². The zero-order valence-electron chi connectivity index (χ0n) is 7.80. The molecular formula is C10H11BrN2O. The van der Waals surface area contributed by atoms with Crippen LogP contribution in [0.25, 0.3) is 0 Å². The summed E-state index contributed by atoms with van der Waals surface area (Å²) in [5.41, 5.74) is 2.36. The van der Waals surface area contributed by atoms with E-state index in [-0.39, 0.29) is 12.1 Å². The lowest BCUT2D eigenvalue weighted by atomic mass is 10.0. The van der Waals surface area contributed by atoms with Crippen molar-refractivity contribution in [3.05, 3.63) is 33.8 Å². The normalized spacial score (nSPS) is 20.4. The topological polar surface area (TPSA) is 41.1 Å². The lowest BCUT2D eigenvalue weighted by Gasteiger charge is -2.12. The third kappa shape index (κ3) is 1.75. The predicted octanol–water partition coefficient (Wildman–Crippen LogP) is 2.11. The largest absolute Gasteiger partial charge is 0.336 e. The second kappa shape index (κ2) is 3.61. The molecule has 2 amide bonds. The highest BCUT2D eigenvalue weighted by molar-refractivity contribution is 9.10. The van der Waals surface area contributed by atoms with E-state index in [9.17, 15) is 4.79 Å². The minimum absolute atomic E-state index is 0.0885. The Kier molecular flexibility index (Phi) is 2.46. The van der Waals surface area contributed by atoms with Crippen molar-refractivity contribution < 1.29 is 4.79 Å². The maximum Gasteiger partial charge on any atom is 0.315 e. The summed E-state index contributed by atoms with van der Waals surface area (Å²) >= 11 is 3.43. The van der Waals surface area contributed by atoms with Gasteiger partial charge in [-0.3, -0.25) is 0 Å². The van der Waals surface area contributed by atoms with Gasteiger partial charge in [-0.1, -0.05) is 22.0 Å². The molecule has 0 spiro atoms. The standard InChI is InChI=1S/C10H11BrN2O/c1-6-2-3-7(11)4-8(6)9-5-12-10(14)13-9/h2-4,9H,5H2,1H3,(H2,12,13,14). The Hall–Kier alpha value is -1.03. The summed E-state index contributed by atoms with van der Waals surface area (Å²) in [6, 6.07) is 6.11. The molecule has 2 rings (SSSR count). The van der Waals surface area contributed by atoms with Crippen molar-refractivity contribution in [3.8, 4) is 0 Å². The Morgan fingerprint density at radius 2 is 2.29 bits per heavy atom. The fourth-order valence-corrected chi connectivity index (χ4v) is 2.01. The van der Waals surface area contributed by atoms with Crippen molar-refractivity contribution in [1.29, 1.82) is 0 Å². The average molecular weight is 255 g/mol. The summed E-state index contributed by atoms with van der Waals surface area (Å²) in [5.74, 6) is 0. The number of urea groups is 1. The van der Waals surface area contributed by atoms with Crippen LogP contribution < -0.4 is 10.6 Å². The van der Waals surface area contributed by atoms with E-state index >= 15 is 0 Å². The molecule has 0 bridgehead atoms. The van der Waals surface area contributed by atoms with Crippen LogP contribution >= 0.6 is 15.9 Å². The zero-order valence-corrected chi connectivity index (χ0v) is 9.39. The minimum Gasteiger partial charge on any atom is -0.336 e. The molecule has 3 nitrogen and oxygen atoms in total. The quantitative estimate of drug-likeness (QED) is 0.792.